The molecule has 0 aliphatic heterocycles. The summed E-state index contributed by atoms with van der Waals surface area (Å²) in [5, 5.41) is 11.6. The number of aromatic carboxylic acids is 1. The Hall–Kier alpha value is -2.69. The van der Waals surface area contributed by atoms with E-state index in [4.69, 9.17) is 5.11 Å². The van der Waals surface area contributed by atoms with Crippen LogP contribution in [0.4, 0.5) is 5.82 Å². The van der Waals surface area contributed by atoms with Crippen molar-refractivity contribution in [3.63, 3.8) is 0 Å². The molecule has 0 bridgehead atoms. The number of amides is 1. The minimum atomic E-state index is -1.12. The largest absolute Gasteiger partial charge is 0.478 e. The third-order valence-electron chi connectivity index (χ3n) is 3.23. The van der Waals surface area contributed by atoms with Crippen molar-refractivity contribution in [3.8, 4) is 0 Å². The lowest BCUT2D eigenvalue weighted by Crippen LogP contribution is -2.18. The van der Waals surface area contributed by atoms with Gasteiger partial charge in [-0.05, 0) is 42.7 Å². The average molecular weight is 284 g/mol. The highest BCUT2D eigenvalue weighted by Crippen LogP contribution is 2.13. The summed E-state index contributed by atoms with van der Waals surface area (Å²) in [6, 6.07) is 8.72. The predicted molar refractivity (Wildman–Crippen MR) is 79.4 cm³/mol. The van der Waals surface area contributed by atoms with Crippen LogP contribution in [0.15, 0.2) is 36.5 Å². The Kier molecular flexibility index (Phi) is 4.33. The second kappa shape index (κ2) is 6.17. The first-order valence-corrected chi connectivity index (χ1v) is 6.51. The van der Waals surface area contributed by atoms with Gasteiger partial charge in [-0.15, -0.1) is 0 Å². The zero-order valence-corrected chi connectivity index (χ0v) is 11.9. The maximum atomic E-state index is 12.0. The number of pyridine rings is 1. The molecule has 0 saturated heterocycles. The van der Waals surface area contributed by atoms with E-state index in [0.29, 0.717) is 0 Å². The molecule has 0 atom stereocenters. The summed E-state index contributed by atoms with van der Waals surface area (Å²) in [7, 11) is 0. The Morgan fingerprint density at radius 2 is 1.95 bits per heavy atom. The van der Waals surface area contributed by atoms with Gasteiger partial charge in [-0.25, -0.2) is 9.78 Å². The monoisotopic (exact) mass is 284 g/mol. The molecule has 108 valence electrons. The third-order valence-corrected chi connectivity index (χ3v) is 3.23. The molecule has 0 saturated carbocycles. The zero-order chi connectivity index (χ0) is 15.4. The number of carbonyl (C=O) groups is 2. The second-order valence-corrected chi connectivity index (χ2v) is 4.85. The van der Waals surface area contributed by atoms with Gasteiger partial charge in [-0.2, -0.15) is 0 Å². The Morgan fingerprint density at radius 3 is 2.62 bits per heavy atom. The minimum absolute atomic E-state index is 0.0223. The molecule has 0 aliphatic carbocycles. The van der Waals surface area contributed by atoms with E-state index in [2.05, 4.69) is 10.3 Å². The molecular weight excluding hydrogens is 268 g/mol. The SMILES string of the molecule is Cc1ccc(CC(=O)Nc2ncccc2C(=O)O)cc1C. The first-order chi connectivity index (χ1) is 9.97. The van der Waals surface area contributed by atoms with Crippen LogP contribution < -0.4 is 5.32 Å². The van der Waals surface area contributed by atoms with E-state index in [0.717, 1.165) is 16.7 Å². The van der Waals surface area contributed by atoms with Gasteiger partial charge in [-0.1, -0.05) is 18.2 Å². The quantitative estimate of drug-likeness (QED) is 0.904. The topological polar surface area (TPSA) is 79.3 Å². The number of rotatable bonds is 4. The number of carboxylic acids is 1. The number of carboxylic acid groups (broad SMARTS) is 1. The number of hydrogen-bond acceptors (Lipinski definition) is 3. The Bertz CT molecular complexity index is 696. The minimum Gasteiger partial charge on any atom is -0.478 e. The summed E-state index contributed by atoms with van der Waals surface area (Å²) < 4.78 is 0. The van der Waals surface area contributed by atoms with Crippen molar-refractivity contribution in [1.82, 2.24) is 4.98 Å². The van der Waals surface area contributed by atoms with Crippen LogP contribution in [-0.2, 0) is 11.2 Å². The van der Waals surface area contributed by atoms with Crippen molar-refractivity contribution < 1.29 is 14.7 Å². The summed E-state index contributed by atoms with van der Waals surface area (Å²) in [6.45, 7) is 3.99. The number of carbonyl (C=O) groups excluding carboxylic acids is 1. The van der Waals surface area contributed by atoms with Crippen molar-refractivity contribution in [3.05, 3.63) is 58.8 Å². The number of benzene rings is 1. The van der Waals surface area contributed by atoms with Gasteiger partial charge in [0.05, 0.1) is 6.42 Å². The highest BCUT2D eigenvalue weighted by atomic mass is 16.4. The van der Waals surface area contributed by atoms with E-state index in [9.17, 15) is 9.59 Å². The summed E-state index contributed by atoms with van der Waals surface area (Å²) >= 11 is 0. The van der Waals surface area contributed by atoms with Crippen LogP contribution in [0.1, 0.15) is 27.0 Å². The maximum absolute atomic E-state index is 12.0. The van der Waals surface area contributed by atoms with Gasteiger partial charge >= 0.3 is 5.97 Å². The highest BCUT2D eigenvalue weighted by Gasteiger charge is 2.13. The normalized spacial score (nSPS) is 10.2. The number of anilines is 1. The number of aromatic nitrogens is 1. The Morgan fingerprint density at radius 1 is 1.19 bits per heavy atom. The van der Waals surface area contributed by atoms with Crippen molar-refractivity contribution >= 4 is 17.7 Å². The van der Waals surface area contributed by atoms with Gasteiger partial charge in [0, 0.05) is 6.20 Å². The maximum Gasteiger partial charge on any atom is 0.339 e. The van der Waals surface area contributed by atoms with E-state index in [1.165, 1.54) is 18.3 Å². The fraction of sp³-hybridized carbons (Fsp3) is 0.188. The van der Waals surface area contributed by atoms with E-state index < -0.39 is 5.97 Å². The molecule has 5 heteroatoms. The van der Waals surface area contributed by atoms with Gasteiger partial charge in [-0.3, -0.25) is 4.79 Å². The molecule has 1 aromatic heterocycles. The molecule has 1 aromatic carbocycles. The summed E-state index contributed by atoms with van der Waals surface area (Å²) in [4.78, 5) is 27.0. The average Bonchev–Trinajstić information content (AvgIpc) is 2.43. The van der Waals surface area contributed by atoms with E-state index in [1.807, 2.05) is 32.0 Å². The van der Waals surface area contributed by atoms with Crippen LogP contribution >= 0.6 is 0 Å². The van der Waals surface area contributed by atoms with Crippen LogP contribution in [0, 0.1) is 13.8 Å². The molecule has 1 heterocycles. The highest BCUT2D eigenvalue weighted by molar-refractivity contribution is 5.99. The number of aryl methyl sites for hydroxylation is 2. The van der Waals surface area contributed by atoms with Crippen molar-refractivity contribution in [1.29, 1.82) is 0 Å². The predicted octanol–water partition coefficient (Wildman–Crippen LogP) is 2.58. The molecule has 2 N–H and O–H groups in total. The van der Waals surface area contributed by atoms with Gasteiger partial charge < -0.3 is 10.4 Å². The Balaban J connectivity index is 2.12. The molecule has 2 aromatic rings. The Labute approximate surface area is 122 Å². The van der Waals surface area contributed by atoms with Crippen molar-refractivity contribution in [2.24, 2.45) is 0 Å². The van der Waals surface area contributed by atoms with Crippen LogP contribution in [0.2, 0.25) is 0 Å². The third kappa shape index (κ3) is 3.66. The van der Waals surface area contributed by atoms with Crippen molar-refractivity contribution in [2.45, 2.75) is 20.3 Å². The standard InChI is InChI=1S/C16H16N2O3/c1-10-5-6-12(8-11(10)2)9-14(19)18-15-13(16(20)21)4-3-7-17-15/h3-8H,9H2,1-2H3,(H,20,21)(H,17,18,19). The van der Waals surface area contributed by atoms with Gasteiger partial charge in [0.2, 0.25) is 5.91 Å². The summed E-state index contributed by atoms with van der Waals surface area (Å²) in [5.74, 6) is -1.34. The lowest BCUT2D eigenvalue weighted by Gasteiger charge is -2.08. The fourth-order valence-corrected chi connectivity index (χ4v) is 1.95. The summed E-state index contributed by atoms with van der Waals surface area (Å²) in [5.41, 5.74) is 3.13. The van der Waals surface area contributed by atoms with E-state index >= 15 is 0 Å². The lowest BCUT2D eigenvalue weighted by molar-refractivity contribution is -0.115. The molecular formula is C16H16N2O3. The fourth-order valence-electron chi connectivity index (χ4n) is 1.95. The van der Waals surface area contributed by atoms with Crippen LogP contribution in [0.5, 0.6) is 0 Å². The second-order valence-electron chi connectivity index (χ2n) is 4.85. The van der Waals surface area contributed by atoms with E-state index in [1.54, 1.807) is 0 Å². The number of nitrogens with zero attached hydrogens (tertiary/aromatic N) is 1. The molecule has 21 heavy (non-hydrogen) atoms. The molecule has 0 radical (unpaired) electrons. The first kappa shape index (κ1) is 14.7. The molecule has 0 spiro atoms. The molecule has 0 fully saturated rings. The molecule has 5 nitrogen and oxygen atoms in total. The molecule has 0 aliphatic rings. The zero-order valence-electron chi connectivity index (χ0n) is 11.9. The van der Waals surface area contributed by atoms with Crippen molar-refractivity contribution in [2.75, 3.05) is 5.32 Å². The van der Waals surface area contributed by atoms with Crippen LogP contribution in [0.25, 0.3) is 0 Å². The van der Waals surface area contributed by atoms with E-state index in [-0.39, 0.29) is 23.7 Å². The summed E-state index contributed by atoms with van der Waals surface area (Å²) in [6.07, 6.45) is 1.62. The smallest absolute Gasteiger partial charge is 0.339 e. The van der Waals surface area contributed by atoms with Gasteiger partial charge in [0.1, 0.15) is 11.4 Å². The molecule has 1 amide bonds. The molecule has 2 rings (SSSR count). The lowest BCUT2D eigenvalue weighted by atomic mass is 10.0. The van der Waals surface area contributed by atoms with Crippen LogP contribution in [-0.4, -0.2) is 22.0 Å². The van der Waals surface area contributed by atoms with Gasteiger partial charge in [0.15, 0.2) is 0 Å². The van der Waals surface area contributed by atoms with Gasteiger partial charge in [0.25, 0.3) is 0 Å². The first-order valence-electron chi connectivity index (χ1n) is 6.51. The molecule has 0 unspecified atom stereocenters. The number of nitrogens with one attached hydrogen (secondary N) is 1. The number of hydrogen-bond donors (Lipinski definition) is 2. The van der Waals surface area contributed by atoms with Crippen LogP contribution in [0.3, 0.4) is 0 Å².